The number of benzene rings is 1. The van der Waals surface area contributed by atoms with Crippen molar-refractivity contribution in [3.63, 3.8) is 0 Å². The van der Waals surface area contributed by atoms with Crippen molar-refractivity contribution in [3.8, 4) is 0 Å². The Labute approximate surface area is 180 Å². The quantitative estimate of drug-likeness (QED) is 0.736. The molecule has 3 aliphatic heterocycles. The summed E-state index contributed by atoms with van der Waals surface area (Å²) in [5, 5.41) is 0. The number of ether oxygens (including phenoxy) is 2. The number of nitrogens with two attached hydrogens (primary N) is 1. The second-order valence-electron chi connectivity index (χ2n) is 9.42. The average Bonchev–Trinajstić information content (AvgIpc) is 2.92. The maximum absolute atomic E-state index is 14.2. The van der Waals surface area contributed by atoms with Crippen LogP contribution in [-0.4, -0.2) is 30.8 Å². The van der Waals surface area contributed by atoms with Crippen LogP contribution in [0.1, 0.15) is 51.2 Å². The number of esters is 1. The highest BCUT2D eigenvalue weighted by molar-refractivity contribution is 6.23. The maximum Gasteiger partial charge on any atom is 0.341 e. The van der Waals surface area contributed by atoms with Gasteiger partial charge in [0.25, 0.3) is 0 Å². The third kappa shape index (κ3) is 2.49. The monoisotopic (exact) mass is 422 g/mol. The minimum atomic E-state index is -1.62. The van der Waals surface area contributed by atoms with E-state index in [9.17, 15) is 14.4 Å². The minimum Gasteiger partial charge on any atom is -0.462 e. The van der Waals surface area contributed by atoms with E-state index in [1.807, 2.05) is 32.0 Å². The van der Waals surface area contributed by atoms with Gasteiger partial charge in [0.1, 0.15) is 16.7 Å². The molecule has 0 bridgehead atoms. The lowest BCUT2D eigenvalue weighted by Crippen LogP contribution is -2.52. The summed E-state index contributed by atoms with van der Waals surface area (Å²) in [7, 11) is 0. The predicted octanol–water partition coefficient (Wildman–Crippen LogP) is 2.62. The molecular weight excluding hydrogens is 396 g/mol. The van der Waals surface area contributed by atoms with Crippen LogP contribution in [0.15, 0.2) is 41.0 Å². The highest BCUT2D eigenvalue weighted by atomic mass is 16.5. The maximum atomic E-state index is 14.2. The number of hydrogen-bond donors (Lipinski definition) is 1. The van der Waals surface area contributed by atoms with Crippen molar-refractivity contribution in [2.75, 3.05) is 18.1 Å². The number of Topliss-reactive ketones (excluding diaryl/α,β-unsaturated/α-hetero) is 1. The number of anilines is 1. The highest BCUT2D eigenvalue weighted by Crippen LogP contribution is 2.59. The Kier molecular flexibility index (Phi) is 4.13. The zero-order valence-electron chi connectivity index (χ0n) is 18.0. The van der Waals surface area contributed by atoms with E-state index in [0.29, 0.717) is 24.3 Å². The number of carbonyl (C=O) groups excluding carboxylic acids is 3. The smallest absolute Gasteiger partial charge is 0.341 e. The zero-order chi connectivity index (χ0) is 22.1. The fourth-order valence-corrected chi connectivity index (χ4v) is 5.68. The van der Waals surface area contributed by atoms with Gasteiger partial charge < -0.3 is 20.1 Å². The molecule has 0 aromatic heterocycles. The van der Waals surface area contributed by atoms with E-state index in [0.717, 1.165) is 24.1 Å². The molecule has 31 heavy (non-hydrogen) atoms. The molecular formula is C24H26N2O5. The van der Waals surface area contributed by atoms with Crippen LogP contribution in [0, 0.1) is 5.41 Å². The molecule has 1 spiro atoms. The van der Waals surface area contributed by atoms with Crippen molar-refractivity contribution in [3.05, 3.63) is 52.1 Å². The van der Waals surface area contributed by atoms with E-state index < -0.39 is 11.4 Å². The number of rotatable bonds is 2. The number of para-hydroxylation sites is 1. The molecule has 1 aromatic carbocycles. The Morgan fingerprint density at radius 3 is 2.77 bits per heavy atom. The summed E-state index contributed by atoms with van der Waals surface area (Å²) in [6.45, 7) is 6.29. The van der Waals surface area contributed by atoms with Gasteiger partial charge in [-0.2, -0.15) is 0 Å². The molecule has 0 fully saturated rings. The van der Waals surface area contributed by atoms with Gasteiger partial charge in [0, 0.05) is 24.9 Å². The molecule has 1 aromatic rings. The fraction of sp³-hybridized carbons (Fsp3) is 0.458. The Morgan fingerprint density at radius 2 is 2.03 bits per heavy atom. The first-order valence-corrected chi connectivity index (χ1v) is 10.8. The first-order valence-electron chi connectivity index (χ1n) is 10.8. The number of amides is 1. The van der Waals surface area contributed by atoms with Crippen molar-refractivity contribution < 1.29 is 23.9 Å². The lowest BCUT2D eigenvalue weighted by Gasteiger charge is -2.42. The van der Waals surface area contributed by atoms with Gasteiger partial charge in [0.2, 0.25) is 11.8 Å². The first-order chi connectivity index (χ1) is 14.7. The number of allylic oxidation sites excluding steroid dienone is 1. The Morgan fingerprint density at radius 1 is 1.26 bits per heavy atom. The number of carbonyl (C=O) groups is 3. The molecule has 4 aliphatic rings. The first kappa shape index (κ1) is 19.8. The fourth-order valence-electron chi connectivity index (χ4n) is 5.68. The number of hydrogen-bond acceptors (Lipinski definition) is 6. The van der Waals surface area contributed by atoms with Crippen LogP contribution in [-0.2, 0) is 35.7 Å². The van der Waals surface area contributed by atoms with Crippen molar-refractivity contribution in [1.29, 1.82) is 0 Å². The van der Waals surface area contributed by atoms with Gasteiger partial charge in [-0.25, -0.2) is 4.79 Å². The molecule has 0 radical (unpaired) electrons. The van der Waals surface area contributed by atoms with Gasteiger partial charge in [-0.05, 0) is 30.7 Å². The van der Waals surface area contributed by atoms with Gasteiger partial charge in [0.05, 0.1) is 17.9 Å². The largest absolute Gasteiger partial charge is 0.462 e. The molecule has 1 atom stereocenters. The summed E-state index contributed by atoms with van der Waals surface area (Å²) < 4.78 is 11.2. The van der Waals surface area contributed by atoms with Crippen molar-refractivity contribution in [1.82, 2.24) is 0 Å². The second kappa shape index (κ2) is 6.45. The van der Waals surface area contributed by atoms with Crippen molar-refractivity contribution in [2.45, 2.75) is 51.9 Å². The normalized spacial score (nSPS) is 26.1. The summed E-state index contributed by atoms with van der Waals surface area (Å²) in [6, 6.07) is 5.70. The van der Waals surface area contributed by atoms with Crippen LogP contribution in [0.5, 0.6) is 0 Å². The van der Waals surface area contributed by atoms with Crippen LogP contribution in [0.3, 0.4) is 0 Å². The molecule has 162 valence electrons. The molecule has 1 aliphatic carbocycles. The van der Waals surface area contributed by atoms with Gasteiger partial charge in [-0.1, -0.05) is 32.0 Å². The van der Waals surface area contributed by atoms with Crippen LogP contribution in [0.25, 0.3) is 0 Å². The molecule has 0 saturated heterocycles. The van der Waals surface area contributed by atoms with Gasteiger partial charge in [-0.15, -0.1) is 0 Å². The lowest BCUT2D eigenvalue weighted by molar-refractivity contribution is -0.141. The molecule has 5 rings (SSSR count). The molecule has 7 heteroatoms. The number of nitrogens with zero attached hydrogens (tertiary/aromatic N) is 1. The molecule has 1 amide bonds. The molecule has 2 N–H and O–H groups in total. The molecule has 0 unspecified atom stereocenters. The van der Waals surface area contributed by atoms with Crippen LogP contribution >= 0.6 is 0 Å². The van der Waals surface area contributed by atoms with E-state index in [-0.39, 0.29) is 47.2 Å². The van der Waals surface area contributed by atoms with Crippen molar-refractivity contribution in [2.24, 2.45) is 11.1 Å². The molecule has 0 saturated carbocycles. The summed E-state index contributed by atoms with van der Waals surface area (Å²) in [5.74, 6) is -1.00. The topological polar surface area (TPSA) is 98.9 Å². The van der Waals surface area contributed by atoms with Crippen LogP contribution in [0.2, 0.25) is 0 Å². The molecule has 7 nitrogen and oxygen atoms in total. The van der Waals surface area contributed by atoms with E-state index in [2.05, 4.69) is 0 Å². The average molecular weight is 422 g/mol. The standard InChI is InChI=1S/C24H26N2O5/c1-4-30-21(28)18-20(25)31-16-12-23(2,3)11-15(27)17(16)24(18)14-9-5-7-13-8-6-10-26(19(13)14)22(24)29/h5,7,9H,4,6,8,10-12,25H2,1-3H3/t24-/m1/s1. The third-order valence-electron chi connectivity index (χ3n) is 6.73. The zero-order valence-corrected chi connectivity index (χ0v) is 18.0. The van der Waals surface area contributed by atoms with E-state index in [1.165, 1.54) is 0 Å². The number of aryl methyl sites for hydroxylation is 1. The Hall–Kier alpha value is -3.09. The van der Waals surface area contributed by atoms with Gasteiger partial charge in [0.15, 0.2) is 5.78 Å². The van der Waals surface area contributed by atoms with E-state index in [1.54, 1.807) is 11.8 Å². The molecule has 3 heterocycles. The highest BCUT2D eigenvalue weighted by Gasteiger charge is 2.65. The Bertz CT molecular complexity index is 1110. The second-order valence-corrected chi connectivity index (χ2v) is 9.42. The summed E-state index contributed by atoms with van der Waals surface area (Å²) in [4.78, 5) is 42.6. The van der Waals surface area contributed by atoms with E-state index >= 15 is 0 Å². The van der Waals surface area contributed by atoms with Crippen molar-refractivity contribution >= 4 is 23.3 Å². The van der Waals surface area contributed by atoms with Crippen LogP contribution in [0.4, 0.5) is 5.69 Å². The van der Waals surface area contributed by atoms with Gasteiger partial charge >= 0.3 is 5.97 Å². The van der Waals surface area contributed by atoms with Gasteiger partial charge in [-0.3, -0.25) is 9.59 Å². The summed E-state index contributed by atoms with van der Waals surface area (Å²) in [6.07, 6.45) is 2.36. The number of fused-ring (bicyclic) bond motifs is 2. The third-order valence-corrected chi connectivity index (χ3v) is 6.73. The number of ketones is 1. The summed E-state index contributed by atoms with van der Waals surface area (Å²) in [5.41, 5.74) is 6.98. The van der Waals surface area contributed by atoms with E-state index in [4.69, 9.17) is 15.2 Å². The SMILES string of the molecule is CCOC(=O)C1=C(N)OC2=C(C(=O)CC(C)(C)C2)[C@@]12C(=O)N1CCCc3cccc2c31. The Balaban J connectivity index is 1.87. The van der Waals surface area contributed by atoms with Crippen LogP contribution < -0.4 is 10.6 Å². The predicted molar refractivity (Wildman–Crippen MR) is 113 cm³/mol. The summed E-state index contributed by atoms with van der Waals surface area (Å²) >= 11 is 0. The minimum absolute atomic E-state index is 0.0750. The lowest BCUT2D eigenvalue weighted by atomic mass is 9.61.